The highest BCUT2D eigenvalue weighted by Gasteiger charge is 2.30. The molecule has 0 fully saturated rings. The van der Waals surface area contributed by atoms with Gasteiger partial charge >= 0.3 is 12.1 Å². The molecule has 0 aliphatic heterocycles. The van der Waals surface area contributed by atoms with Crippen LogP contribution in [0.4, 0.5) is 13.2 Å². The van der Waals surface area contributed by atoms with Crippen LogP contribution in [0.1, 0.15) is 41.3 Å². The number of thioether (sulfide) groups is 1. The van der Waals surface area contributed by atoms with E-state index in [-0.39, 0.29) is 5.97 Å². The first kappa shape index (κ1) is 28.5. The van der Waals surface area contributed by atoms with Gasteiger partial charge in [-0.3, -0.25) is 4.79 Å². The molecule has 4 nitrogen and oxygen atoms in total. The van der Waals surface area contributed by atoms with Crippen molar-refractivity contribution in [2.75, 3.05) is 12.4 Å². The van der Waals surface area contributed by atoms with Crippen molar-refractivity contribution < 1.29 is 27.2 Å². The van der Waals surface area contributed by atoms with Crippen LogP contribution in [0.15, 0.2) is 77.3 Å². The predicted octanol–water partition coefficient (Wildman–Crippen LogP) is 8.31. The molecule has 0 aliphatic carbocycles. The zero-order chi connectivity index (χ0) is 27.8. The summed E-state index contributed by atoms with van der Waals surface area (Å²) in [6.45, 7) is 4.10. The van der Waals surface area contributed by atoms with Crippen LogP contribution in [0.2, 0.25) is 0 Å². The van der Waals surface area contributed by atoms with Gasteiger partial charge in [-0.05, 0) is 60.8 Å². The van der Waals surface area contributed by atoms with Crippen LogP contribution < -0.4 is 0 Å². The van der Waals surface area contributed by atoms with E-state index in [0.717, 1.165) is 45.3 Å². The highest BCUT2D eigenvalue weighted by atomic mass is 32.2. The van der Waals surface area contributed by atoms with Crippen molar-refractivity contribution in [3.8, 4) is 22.5 Å². The number of esters is 1. The Morgan fingerprint density at radius 1 is 0.923 bits per heavy atom. The molecule has 3 aromatic carbocycles. The molecule has 204 valence electrons. The lowest BCUT2D eigenvalue weighted by atomic mass is 9.99. The molecule has 0 spiro atoms. The van der Waals surface area contributed by atoms with Gasteiger partial charge in [0.2, 0.25) is 0 Å². The predicted molar refractivity (Wildman–Crippen MR) is 148 cm³/mol. The van der Waals surface area contributed by atoms with Crippen LogP contribution >= 0.6 is 11.8 Å². The third-order valence-corrected chi connectivity index (χ3v) is 7.39. The Hall–Kier alpha value is -3.52. The number of nitrogens with zero attached hydrogens (tertiary/aromatic N) is 1. The van der Waals surface area contributed by atoms with Crippen molar-refractivity contribution in [3.05, 3.63) is 101 Å². The van der Waals surface area contributed by atoms with Crippen molar-refractivity contribution in [3.63, 3.8) is 0 Å². The molecule has 8 heteroatoms. The number of carbonyl (C=O) groups is 1. The summed E-state index contributed by atoms with van der Waals surface area (Å²) in [6.07, 6.45) is -2.63. The van der Waals surface area contributed by atoms with Crippen molar-refractivity contribution in [1.82, 2.24) is 5.16 Å². The smallest absolute Gasteiger partial charge is 0.416 e. The van der Waals surface area contributed by atoms with Gasteiger partial charge in [-0.2, -0.15) is 24.9 Å². The lowest BCUT2D eigenvalue weighted by molar-refractivity contribution is -0.143. The summed E-state index contributed by atoms with van der Waals surface area (Å²) in [7, 11) is 0. The Kier molecular flexibility index (Phi) is 9.51. The minimum absolute atomic E-state index is 0.187. The van der Waals surface area contributed by atoms with Gasteiger partial charge in [-0.15, -0.1) is 0 Å². The molecule has 4 rings (SSSR count). The van der Waals surface area contributed by atoms with Crippen LogP contribution in [0.25, 0.3) is 22.5 Å². The Bertz CT molecular complexity index is 1380. The van der Waals surface area contributed by atoms with Crippen LogP contribution in [0.5, 0.6) is 0 Å². The number of carbonyl (C=O) groups excluding carboxylic acids is 1. The number of halogens is 3. The molecule has 0 saturated carbocycles. The highest BCUT2D eigenvalue weighted by molar-refractivity contribution is 7.98. The Balaban J connectivity index is 1.35. The molecule has 0 radical (unpaired) electrons. The van der Waals surface area contributed by atoms with Crippen molar-refractivity contribution in [1.29, 1.82) is 0 Å². The molecule has 0 saturated heterocycles. The van der Waals surface area contributed by atoms with Crippen LogP contribution in [0, 0.1) is 6.92 Å². The fourth-order valence-corrected chi connectivity index (χ4v) is 5.18. The van der Waals surface area contributed by atoms with E-state index in [2.05, 4.69) is 5.16 Å². The fraction of sp³-hybridized carbons (Fsp3) is 0.290. The topological polar surface area (TPSA) is 52.3 Å². The van der Waals surface area contributed by atoms with Crippen molar-refractivity contribution >= 4 is 17.7 Å². The maximum atomic E-state index is 13.0. The van der Waals surface area contributed by atoms with Crippen LogP contribution in [-0.4, -0.2) is 23.5 Å². The number of rotatable bonds is 11. The zero-order valence-electron chi connectivity index (χ0n) is 21.9. The summed E-state index contributed by atoms with van der Waals surface area (Å²) in [5.74, 6) is 1.76. The minimum Gasteiger partial charge on any atom is -0.466 e. The SMILES string of the molecule is CCOC(=O)CCc1ccc(-c2ccc(-c3onc(C)c3CCSCc3cccc(C(F)(F)F)c3)cc2)cc1. The Morgan fingerprint density at radius 2 is 1.59 bits per heavy atom. The van der Waals surface area contributed by atoms with E-state index in [1.54, 1.807) is 24.8 Å². The summed E-state index contributed by atoms with van der Waals surface area (Å²) in [6, 6.07) is 21.7. The summed E-state index contributed by atoms with van der Waals surface area (Å²) in [5.41, 5.74) is 5.98. The summed E-state index contributed by atoms with van der Waals surface area (Å²) in [5, 5.41) is 4.16. The number of alkyl halides is 3. The first-order valence-electron chi connectivity index (χ1n) is 12.8. The number of hydrogen-bond donors (Lipinski definition) is 0. The van der Waals surface area contributed by atoms with Crippen molar-refractivity contribution in [2.24, 2.45) is 0 Å². The molecule has 0 aliphatic rings. The number of hydrogen-bond acceptors (Lipinski definition) is 5. The quantitative estimate of drug-likeness (QED) is 0.138. The summed E-state index contributed by atoms with van der Waals surface area (Å²) in [4.78, 5) is 11.6. The largest absolute Gasteiger partial charge is 0.466 e. The first-order chi connectivity index (χ1) is 18.7. The van der Waals surface area contributed by atoms with Gasteiger partial charge in [0.05, 0.1) is 17.9 Å². The van der Waals surface area contributed by atoms with Gasteiger partial charge in [-0.1, -0.05) is 71.9 Å². The standard InChI is InChI=1S/C31H30F3NO3S/c1-3-37-29(36)16-9-22-7-10-24(11-8-22)25-12-14-26(15-13-25)30-28(21(2)35-38-30)17-18-39-20-23-5-4-6-27(19-23)31(32,33)34/h4-8,10-15,19H,3,9,16-18,20H2,1-2H3. The molecule has 1 aromatic heterocycles. The number of aryl methyl sites for hydroxylation is 2. The molecule has 4 aromatic rings. The van der Waals surface area contributed by atoms with E-state index < -0.39 is 11.7 Å². The van der Waals surface area contributed by atoms with Gasteiger partial charge in [0.25, 0.3) is 0 Å². The van der Waals surface area contributed by atoms with Gasteiger partial charge in [0, 0.05) is 23.3 Å². The van der Waals surface area contributed by atoms with E-state index in [0.29, 0.717) is 42.9 Å². The van der Waals surface area contributed by atoms with E-state index in [1.807, 2.05) is 55.5 Å². The normalized spacial score (nSPS) is 11.5. The van der Waals surface area contributed by atoms with Crippen molar-refractivity contribution in [2.45, 2.75) is 45.0 Å². The van der Waals surface area contributed by atoms with E-state index in [1.165, 1.54) is 12.1 Å². The lowest BCUT2D eigenvalue weighted by Gasteiger charge is -2.09. The average molecular weight is 554 g/mol. The number of ether oxygens (including phenoxy) is 1. The molecule has 0 atom stereocenters. The zero-order valence-corrected chi connectivity index (χ0v) is 22.7. The lowest BCUT2D eigenvalue weighted by Crippen LogP contribution is -2.05. The summed E-state index contributed by atoms with van der Waals surface area (Å²) < 4.78 is 49.5. The Labute approximate surface area is 230 Å². The maximum absolute atomic E-state index is 13.0. The fourth-order valence-electron chi connectivity index (χ4n) is 4.27. The Morgan fingerprint density at radius 3 is 2.26 bits per heavy atom. The minimum atomic E-state index is -4.33. The van der Waals surface area contributed by atoms with Gasteiger partial charge in [-0.25, -0.2) is 0 Å². The average Bonchev–Trinajstić information content (AvgIpc) is 3.30. The first-order valence-corrected chi connectivity index (χ1v) is 13.9. The molecule has 0 amide bonds. The second-order valence-electron chi connectivity index (χ2n) is 9.16. The van der Waals surface area contributed by atoms with E-state index in [4.69, 9.17) is 9.26 Å². The molecule has 1 heterocycles. The molecule has 0 N–H and O–H groups in total. The number of aromatic nitrogens is 1. The molecular formula is C31H30F3NO3S. The summed E-state index contributed by atoms with van der Waals surface area (Å²) >= 11 is 1.58. The maximum Gasteiger partial charge on any atom is 0.416 e. The van der Waals surface area contributed by atoms with Crippen LogP contribution in [0.3, 0.4) is 0 Å². The second-order valence-corrected chi connectivity index (χ2v) is 10.3. The second kappa shape index (κ2) is 13.0. The van der Waals surface area contributed by atoms with Gasteiger partial charge in [0.1, 0.15) is 0 Å². The molecular weight excluding hydrogens is 523 g/mol. The molecule has 0 bridgehead atoms. The number of benzene rings is 3. The monoisotopic (exact) mass is 553 g/mol. The molecule has 39 heavy (non-hydrogen) atoms. The third-order valence-electron chi connectivity index (χ3n) is 6.36. The van der Waals surface area contributed by atoms with Gasteiger partial charge < -0.3 is 9.26 Å². The van der Waals surface area contributed by atoms with E-state index in [9.17, 15) is 18.0 Å². The third kappa shape index (κ3) is 7.76. The van der Waals surface area contributed by atoms with Gasteiger partial charge in [0.15, 0.2) is 5.76 Å². The highest BCUT2D eigenvalue weighted by Crippen LogP contribution is 2.32. The van der Waals surface area contributed by atoms with Crippen LogP contribution in [-0.2, 0) is 34.3 Å². The molecule has 0 unspecified atom stereocenters. The van der Waals surface area contributed by atoms with E-state index >= 15 is 0 Å².